The van der Waals surface area contributed by atoms with Crippen LogP contribution in [0.4, 0.5) is 17.1 Å². The highest BCUT2D eigenvalue weighted by molar-refractivity contribution is 8.04. The predicted octanol–water partition coefficient (Wildman–Crippen LogP) is 6.56. The van der Waals surface area contributed by atoms with E-state index in [9.17, 15) is 14.4 Å². The molecule has 1 aliphatic rings. The van der Waals surface area contributed by atoms with E-state index in [-0.39, 0.29) is 16.5 Å². The van der Waals surface area contributed by atoms with E-state index in [4.69, 9.17) is 9.47 Å². The van der Waals surface area contributed by atoms with Gasteiger partial charge in [0.15, 0.2) is 0 Å². The molecular formula is C33H29N3O5S. The number of ether oxygens (including phenoxy) is 2. The van der Waals surface area contributed by atoms with Crippen molar-refractivity contribution in [1.29, 1.82) is 0 Å². The Balaban J connectivity index is 1.44. The van der Waals surface area contributed by atoms with E-state index in [0.717, 1.165) is 27.8 Å². The second-order valence-electron chi connectivity index (χ2n) is 9.58. The highest BCUT2D eigenvalue weighted by Gasteiger charge is 2.40. The number of nitrogens with one attached hydrogen (secondary N) is 2. The van der Waals surface area contributed by atoms with Crippen LogP contribution < -0.4 is 25.0 Å². The zero-order valence-electron chi connectivity index (χ0n) is 23.6. The molecule has 5 rings (SSSR count). The van der Waals surface area contributed by atoms with Crippen molar-refractivity contribution < 1.29 is 23.9 Å². The number of hydrogen-bond donors (Lipinski definition) is 2. The van der Waals surface area contributed by atoms with Gasteiger partial charge in [0, 0.05) is 21.8 Å². The highest BCUT2D eigenvalue weighted by Crippen LogP contribution is 2.39. The summed E-state index contributed by atoms with van der Waals surface area (Å²) in [5, 5.41) is 6.09. The van der Waals surface area contributed by atoms with E-state index < -0.39 is 11.8 Å². The summed E-state index contributed by atoms with van der Waals surface area (Å²) in [7, 11) is 3.12. The van der Waals surface area contributed by atoms with E-state index in [1.54, 1.807) is 80.9 Å². The molecule has 212 valence electrons. The van der Waals surface area contributed by atoms with Gasteiger partial charge < -0.3 is 20.1 Å². The predicted molar refractivity (Wildman–Crippen MR) is 165 cm³/mol. The summed E-state index contributed by atoms with van der Waals surface area (Å²) in [6.45, 7) is 4.00. The number of carbonyl (C=O) groups excluding carboxylic acids is 3. The number of imide groups is 1. The van der Waals surface area contributed by atoms with Crippen molar-refractivity contribution in [3.05, 3.63) is 118 Å². The lowest BCUT2D eigenvalue weighted by molar-refractivity contribution is -0.120. The minimum absolute atomic E-state index is 0.178. The third kappa shape index (κ3) is 6.01. The summed E-state index contributed by atoms with van der Waals surface area (Å²) in [4.78, 5) is 42.4. The Morgan fingerprint density at radius 2 is 1.40 bits per heavy atom. The SMILES string of the molecule is COc1ccc(C(=O)Nc2cccc(SC3=C(Nc4ccc(C)c(C)c4)C(=O)N(c4ccc(OC)cc4)C3=O)c2)cc1. The smallest absolute Gasteiger partial charge is 0.283 e. The van der Waals surface area contributed by atoms with Gasteiger partial charge in [-0.25, -0.2) is 4.90 Å². The monoisotopic (exact) mass is 579 g/mol. The minimum Gasteiger partial charge on any atom is -0.497 e. The summed E-state index contributed by atoms with van der Waals surface area (Å²) < 4.78 is 10.4. The molecule has 0 bridgehead atoms. The van der Waals surface area contributed by atoms with Crippen LogP contribution in [-0.4, -0.2) is 31.9 Å². The van der Waals surface area contributed by atoms with E-state index in [1.807, 2.05) is 38.1 Å². The molecule has 2 N–H and O–H groups in total. The number of hydrogen-bond acceptors (Lipinski definition) is 7. The number of anilines is 3. The van der Waals surface area contributed by atoms with Gasteiger partial charge in [-0.05, 0) is 104 Å². The first-order chi connectivity index (χ1) is 20.3. The first kappa shape index (κ1) is 28.5. The van der Waals surface area contributed by atoms with Crippen LogP contribution in [0.3, 0.4) is 0 Å². The molecule has 9 heteroatoms. The molecule has 3 amide bonds. The van der Waals surface area contributed by atoms with E-state index >= 15 is 0 Å². The van der Waals surface area contributed by atoms with Gasteiger partial charge in [-0.2, -0.15) is 0 Å². The minimum atomic E-state index is -0.463. The number of rotatable bonds is 9. The average Bonchev–Trinajstić information content (AvgIpc) is 3.23. The third-order valence-electron chi connectivity index (χ3n) is 6.81. The topological polar surface area (TPSA) is 97.0 Å². The Morgan fingerprint density at radius 1 is 0.738 bits per heavy atom. The van der Waals surface area contributed by atoms with Crippen LogP contribution in [0.5, 0.6) is 11.5 Å². The maximum atomic E-state index is 13.8. The number of methoxy groups -OCH3 is 2. The fourth-order valence-electron chi connectivity index (χ4n) is 4.34. The molecule has 42 heavy (non-hydrogen) atoms. The highest BCUT2D eigenvalue weighted by atomic mass is 32.2. The van der Waals surface area contributed by atoms with Crippen LogP contribution in [-0.2, 0) is 9.59 Å². The Kier molecular flexibility index (Phi) is 8.31. The van der Waals surface area contributed by atoms with Crippen LogP contribution in [0, 0.1) is 13.8 Å². The molecule has 4 aromatic carbocycles. The fourth-order valence-corrected chi connectivity index (χ4v) is 5.33. The molecule has 0 atom stereocenters. The van der Waals surface area contributed by atoms with E-state index in [1.165, 1.54) is 0 Å². The van der Waals surface area contributed by atoms with Crippen molar-refractivity contribution in [3.63, 3.8) is 0 Å². The molecule has 0 spiro atoms. The average molecular weight is 580 g/mol. The summed E-state index contributed by atoms with van der Waals surface area (Å²) in [5.74, 6) is 0.0724. The van der Waals surface area contributed by atoms with Crippen LogP contribution in [0.15, 0.2) is 106 Å². The zero-order valence-corrected chi connectivity index (χ0v) is 24.4. The number of thioether (sulfide) groups is 1. The van der Waals surface area contributed by atoms with Gasteiger partial charge in [0.1, 0.15) is 22.1 Å². The number of carbonyl (C=O) groups is 3. The van der Waals surface area contributed by atoms with Gasteiger partial charge in [-0.15, -0.1) is 0 Å². The van der Waals surface area contributed by atoms with Gasteiger partial charge >= 0.3 is 0 Å². The van der Waals surface area contributed by atoms with Crippen molar-refractivity contribution in [2.24, 2.45) is 0 Å². The van der Waals surface area contributed by atoms with Crippen LogP contribution in [0.1, 0.15) is 21.5 Å². The Bertz CT molecular complexity index is 1700. The summed E-state index contributed by atoms with van der Waals surface area (Å²) in [6.07, 6.45) is 0. The molecule has 0 radical (unpaired) electrons. The van der Waals surface area contributed by atoms with Crippen molar-refractivity contribution in [3.8, 4) is 11.5 Å². The molecule has 0 fully saturated rings. The number of benzene rings is 4. The summed E-state index contributed by atoms with van der Waals surface area (Å²) in [6, 6.07) is 26.4. The number of aryl methyl sites for hydroxylation is 2. The maximum absolute atomic E-state index is 13.8. The molecule has 4 aromatic rings. The van der Waals surface area contributed by atoms with Crippen molar-refractivity contribution >= 4 is 46.5 Å². The normalized spacial score (nSPS) is 12.9. The molecule has 1 aliphatic heterocycles. The van der Waals surface area contributed by atoms with Crippen LogP contribution >= 0.6 is 11.8 Å². The quantitative estimate of drug-likeness (QED) is 0.217. The first-order valence-corrected chi connectivity index (χ1v) is 13.9. The fraction of sp³-hybridized carbons (Fsp3) is 0.121. The first-order valence-electron chi connectivity index (χ1n) is 13.1. The third-order valence-corrected chi connectivity index (χ3v) is 7.88. The lowest BCUT2D eigenvalue weighted by Crippen LogP contribution is -2.32. The van der Waals surface area contributed by atoms with Crippen molar-refractivity contribution in [2.45, 2.75) is 18.7 Å². The Labute approximate surface area is 248 Å². The molecule has 0 aliphatic carbocycles. The zero-order chi connectivity index (χ0) is 29.8. The molecule has 8 nitrogen and oxygen atoms in total. The molecule has 0 saturated heterocycles. The van der Waals surface area contributed by atoms with Crippen molar-refractivity contribution in [1.82, 2.24) is 0 Å². The molecule has 1 heterocycles. The largest absolute Gasteiger partial charge is 0.497 e. The molecule has 0 unspecified atom stereocenters. The molecular weight excluding hydrogens is 550 g/mol. The van der Waals surface area contributed by atoms with Gasteiger partial charge in [0.2, 0.25) is 0 Å². The number of nitrogens with zero attached hydrogens (tertiary/aromatic N) is 1. The molecule has 0 aromatic heterocycles. The summed E-state index contributed by atoms with van der Waals surface area (Å²) in [5.41, 5.74) is 4.50. The Hall–Kier alpha value is -5.02. The number of amides is 3. The molecule has 0 saturated carbocycles. The van der Waals surface area contributed by atoms with E-state index in [2.05, 4.69) is 10.6 Å². The van der Waals surface area contributed by atoms with E-state index in [0.29, 0.717) is 39.0 Å². The van der Waals surface area contributed by atoms with Gasteiger partial charge in [-0.3, -0.25) is 14.4 Å². The van der Waals surface area contributed by atoms with Gasteiger partial charge in [0.25, 0.3) is 17.7 Å². The second-order valence-corrected chi connectivity index (χ2v) is 10.7. The lowest BCUT2D eigenvalue weighted by atomic mass is 10.1. The lowest BCUT2D eigenvalue weighted by Gasteiger charge is -2.16. The van der Waals surface area contributed by atoms with Crippen LogP contribution in [0.2, 0.25) is 0 Å². The van der Waals surface area contributed by atoms with Crippen molar-refractivity contribution in [2.75, 3.05) is 29.8 Å². The summed E-state index contributed by atoms with van der Waals surface area (Å²) >= 11 is 1.16. The van der Waals surface area contributed by atoms with Crippen LogP contribution in [0.25, 0.3) is 0 Å². The second kappa shape index (κ2) is 12.2. The van der Waals surface area contributed by atoms with Gasteiger partial charge in [0.05, 0.1) is 19.9 Å². The standard InChI is InChI=1S/C33H29N3O5S/c1-20-8-11-24(18-21(20)2)34-29-30(33(39)36(32(29)38)25-12-16-27(41-4)17-13-25)42-28-7-5-6-23(19-28)35-31(37)22-9-14-26(40-3)15-10-22/h5-19,34H,1-4H3,(H,35,37). The maximum Gasteiger partial charge on any atom is 0.283 e. The Morgan fingerprint density at radius 3 is 2.05 bits per heavy atom. The van der Waals surface area contributed by atoms with Gasteiger partial charge in [-0.1, -0.05) is 23.9 Å².